The minimum Gasteiger partial charge on any atom is -0.354 e. The van der Waals surface area contributed by atoms with Gasteiger partial charge < -0.3 is 10.6 Å². The minimum atomic E-state index is -0.558. The van der Waals surface area contributed by atoms with Crippen LogP contribution in [0.3, 0.4) is 0 Å². The number of rotatable bonds is 7. The average Bonchev–Trinajstić information content (AvgIpc) is 3.79. The van der Waals surface area contributed by atoms with Crippen molar-refractivity contribution >= 4 is 17.5 Å². The summed E-state index contributed by atoms with van der Waals surface area (Å²) in [6, 6.07) is 17.1. The topological polar surface area (TPSA) is 121 Å². The Morgan fingerprint density at radius 2 is 1.77 bits per heavy atom. The van der Waals surface area contributed by atoms with Gasteiger partial charge in [0.1, 0.15) is 5.69 Å². The quantitative estimate of drug-likeness (QED) is 0.346. The molecular formula is C31H28N6O2. The van der Waals surface area contributed by atoms with Gasteiger partial charge in [0.25, 0.3) is 11.8 Å². The highest BCUT2D eigenvalue weighted by Gasteiger charge is 2.46. The number of carbonyl (C=O) groups is 2. The van der Waals surface area contributed by atoms with E-state index in [9.17, 15) is 14.9 Å². The van der Waals surface area contributed by atoms with Gasteiger partial charge in [0, 0.05) is 42.5 Å². The van der Waals surface area contributed by atoms with Crippen molar-refractivity contribution in [3.8, 4) is 28.5 Å². The summed E-state index contributed by atoms with van der Waals surface area (Å²) in [6.07, 6.45) is 7.38. The summed E-state index contributed by atoms with van der Waals surface area (Å²) < 4.78 is 0. The van der Waals surface area contributed by atoms with Crippen LogP contribution in [0, 0.1) is 18.3 Å². The molecule has 0 bridgehead atoms. The molecule has 2 amide bonds. The molecule has 0 unspecified atom stereocenters. The first kappa shape index (κ1) is 25.7. The molecule has 2 N–H and O–H groups in total. The molecule has 3 aromatic heterocycles. The lowest BCUT2D eigenvalue weighted by Gasteiger charge is -2.14. The summed E-state index contributed by atoms with van der Waals surface area (Å²) in [7, 11) is 1.58. The largest absolute Gasteiger partial charge is 0.354 e. The number of carbonyl (C=O) groups excluding carboxylic acids is 2. The van der Waals surface area contributed by atoms with E-state index in [0.29, 0.717) is 22.6 Å². The maximum Gasteiger partial charge on any atom is 0.269 e. The molecule has 0 saturated heterocycles. The summed E-state index contributed by atoms with van der Waals surface area (Å²) in [6.45, 7) is 4.06. The van der Waals surface area contributed by atoms with E-state index < -0.39 is 5.41 Å². The molecule has 0 aliphatic heterocycles. The van der Waals surface area contributed by atoms with Crippen molar-refractivity contribution in [3.05, 3.63) is 95.2 Å². The van der Waals surface area contributed by atoms with E-state index in [-0.39, 0.29) is 11.8 Å². The van der Waals surface area contributed by atoms with Crippen molar-refractivity contribution in [1.82, 2.24) is 20.3 Å². The van der Waals surface area contributed by atoms with Gasteiger partial charge in [0.05, 0.1) is 22.9 Å². The predicted octanol–water partition coefficient (Wildman–Crippen LogP) is 5.24. The van der Waals surface area contributed by atoms with Gasteiger partial charge in [0.15, 0.2) is 0 Å². The standard InChI is InChI=1S/C31H28N6O2/c1-4-20-17-36-26(16-25(20)21-7-11-34-27(13-21)30(39)33-3)24-15-23(6-5-19(24)2)37-29(38)22-8-12-35-28(14-22)31(18-32)9-10-31/h5-8,11-17H,4,9-10H2,1-3H3,(H,33,39)(H,37,38). The Morgan fingerprint density at radius 3 is 2.49 bits per heavy atom. The molecular weight excluding hydrogens is 488 g/mol. The maximum atomic E-state index is 13.1. The lowest BCUT2D eigenvalue weighted by molar-refractivity contribution is 0.0957. The normalized spacial score (nSPS) is 13.3. The number of nitrogens with zero attached hydrogens (tertiary/aromatic N) is 4. The number of hydrogen-bond acceptors (Lipinski definition) is 6. The van der Waals surface area contributed by atoms with Crippen LogP contribution >= 0.6 is 0 Å². The SMILES string of the molecule is CCc1cnc(-c2cc(NC(=O)c3ccnc(C4(C#N)CC4)c3)ccc2C)cc1-c1ccnc(C(=O)NC)c1. The van der Waals surface area contributed by atoms with Crippen LogP contribution in [-0.4, -0.2) is 33.8 Å². The van der Waals surface area contributed by atoms with Crippen molar-refractivity contribution in [2.45, 2.75) is 38.5 Å². The number of benzene rings is 1. The van der Waals surface area contributed by atoms with Crippen molar-refractivity contribution in [2.24, 2.45) is 0 Å². The highest BCUT2D eigenvalue weighted by molar-refractivity contribution is 6.04. The Labute approximate surface area is 227 Å². The minimum absolute atomic E-state index is 0.246. The van der Waals surface area contributed by atoms with Crippen LogP contribution in [0.4, 0.5) is 5.69 Å². The molecule has 8 heteroatoms. The Bertz CT molecular complexity index is 1630. The van der Waals surface area contributed by atoms with Crippen LogP contribution in [0.15, 0.2) is 67.1 Å². The average molecular weight is 517 g/mol. The molecule has 8 nitrogen and oxygen atoms in total. The number of aryl methyl sites for hydroxylation is 2. The molecule has 0 spiro atoms. The van der Waals surface area contributed by atoms with Gasteiger partial charge in [0.2, 0.25) is 0 Å². The summed E-state index contributed by atoms with van der Waals surface area (Å²) in [5.41, 5.74) is 7.07. The second kappa shape index (κ2) is 10.5. The second-order valence-electron chi connectivity index (χ2n) is 9.70. The number of aromatic nitrogens is 3. The Kier molecular flexibility index (Phi) is 6.90. The summed E-state index contributed by atoms with van der Waals surface area (Å²) >= 11 is 0. The van der Waals surface area contributed by atoms with Crippen LogP contribution in [-0.2, 0) is 11.8 Å². The Morgan fingerprint density at radius 1 is 0.974 bits per heavy atom. The van der Waals surface area contributed by atoms with Gasteiger partial charge in [-0.15, -0.1) is 0 Å². The molecule has 39 heavy (non-hydrogen) atoms. The van der Waals surface area contributed by atoms with Gasteiger partial charge in [-0.3, -0.25) is 24.5 Å². The van der Waals surface area contributed by atoms with E-state index in [1.165, 1.54) is 0 Å². The first-order valence-electron chi connectivity index (χ1n) is 12.8. The fourth-order valence-electron chi connectivity index (χ4n) is 4.59. The van der Waals surface area contributed by atoms with Crippen LogP contribution in [0.1, 0.15) is 57.4 Å². The monoisotopic (exact) mass is 516 g/mol. The molecule has 1 aromatic carbocycles. The number of hydrogen-bond donors (Lipinski definition) is 2. The number of nitrogens with one attached hydrogen (secondary N) is 2. The third-order valence-electron chi connectivity index (χ3n) is 7.15. The molecule has 4 aromatic rings. The molecule has 194 valence electrons. The second-order valence-corrected chi connectivity index (χ2v) is 9.70. The van der Waals surface area contributed by atoms with E-state index in [1.54, 1.807) is 37.6 Å². The zero-order chi connectivity index (χ0) is 27.6. The van der Waals surface area contributed by atoms with Gasteiger partial charge in [-0.1, -0.05) is 13.0 Å². The van der Waals surface area contributed by atoms with Crippen molar-refractivity contribution < 1.29 is 9.59 Å². The van der Waals surface area contributed by atoms with Crippen LogP contribution in [0.2, 0.25) is 0 Å². The van der Waals surface area contributed by atoms with Crippen molar-refractivity contribution in [3.63, 3.8) is 0 Å². The zero-order valence-corrected chi connectivity index (χ0v) is 22.1. The van der Waals surface area contributed by atoms with Crippen molar-refractivity contribution in [1.29, 1.82) is 5.26 Å². The lowest BCUT2D eigenvalue weighted by Crippen LogP contribution is -2.19. The Balaban J connectivity index is 1.46. The zero-order valence-electron chi connectivity index (χ0n) is 22.1. The van der Waals surface area contributed by atoms with E-state index in [4.69, 9.17) is 4.98 Å². The molecule has 3 heterocycles. The number of anilines is 1. The van der Waals surface area contributed by atoms with E-state index >= 15 is 0 Å². The van der Waals surface area contributed by atoms with Crippen LogP contribution < -0.4 is 10.6 Å². The predicted molar refractivity (Wildman–Crippen MR) is 149 cm³/mol. The van der Waals surface area contributed by atoms with Gasteiger partial charge >= 0.3 is 0 Å². The molecule has 5 rings (SSSR count). The Hall–Kier alpha value is -4.90. The molecule has 0 atom stereocenters. The molecule has 1 aliphatic rings. The van der Waals surface area contributed by atoms with Gasteiger partial charge in [-0.05, 0) is 90.9 Å². The first-order chi connectivity index (χ1) is 18.9. The number of pyridine rings is 3. The first-order valence-corrected chi connectivity index (χ1v) is 12.8. The highest BCUT2D eigenvalue weighted by atomic mass is 16.2. The third-order valence-corrected chi connectivity index (χ3v) is 7.15. The van der Waals surface area contributed by atoms with E-state index in [0.717, 1.165) is 52.8 Å². The van der Waals surface area contributed by atoms with Crippen LogP contribution in [0.5, 0.6) is 0 Å². The fraction of sp³-hybridized carbons (Fsp3) is 0.226. The molecule has 1 saturated carbocycles. The maximum absolute atomic E-state index is 13.1. The molecule has 0 radical (unpaired) electrons. The molecule has 1 aliphatic carbocycles. The third kappa shape index (κ3) is 5.12. The number of nitriles is 1. The molecule has 1 fully saturated rings. The summed E-state index contributed by atoms with van der Waals surface area (Å²) in [5.74, 6) is -0.514. The highest BCUT2D eigenvalue weighted by Crippen LogP contribution is 2.46. The lowest BCUT2D eigenvalue weighted by atomic mass is 9.96. The number of amides is 2. The van der Waals surface area contributed by atoms with E-state index in [2.05, 4.69) is 33.6 Å². The summed E-state index contributed by atoms with van der Waals surface area (Å²) in [4.78, 5) is 38.5. The van der Waals surface area contributed by atoms with Gasteiger partial charge in [-0.2, -0.15) is 5.26 Å². The smallest absolute Gasteiger partial charge is 0.269 e. The van der Waals surface area contributed by atoms with E-state index in [1.807, 2.05) is 43.5 Å². The van der Waals surface area contributed by atoms with Crippen molar-refractivity contribution in [2.75, 3.05) is 12.4 Å². The van der Waals surface area contributed by atoms with Gasteiger partial charge in [-0.25, -0.2) is 0 Å². The van der Waals surface area contributed by atoms with Crippen LogP contribution in [0.25, 0.3) is 22.4 Å². The summed E-state index contributed by atoms with van der Waals surface area (Å²) in [5, 5.41) is 15.1. The fourth-order valence-corrected chi connectivity index (χ4v) is 4.59.